The molecule has 6 heteroatoms. The van der Waals surface area contributed by atoms with Crippen molar-refractivity contribution in [1.82, 2.24) is 4.98 Å². The first-order chi connectivity index (χ1) is 8.10. The van der Waals surface area contributed by atoms with E-state index in [4.69, 9.17) is 21.4 Å². The molecule has 2 aromatic rings. The van der Waals surface area contributed by atoms with Crippen molar-refractivity contribution < 1.29 is 14.2 Å². The molecule has 0 unspecified atom stereocenters. The van der Waals surface area contributed by atoms with Crippen molar-refractivity contribution in [2.45, 2.75) is 13.5 Å². The Hall–Kier alpha value is -1.17. The lowest BCUT2D eigenvalue weighted by molar-refractivity contribution is 0.285. The summed E-state index contributed by atoms with van der Waals surface area (Å²) in [6, 6.07) is 4.55. The number of hydrogen-bond acceptors (Lipinski definition) is 4. The number of aliphatic hydroxyl groups excluding tert-OH is 1. The summed E-state index contributed by atoms with van der Waals surface area (Å²) in [6.07, 6.45) is 0. The van der Waals surface area contributed by atoms with Gasteiger partial charge < -0.3 is 9.84 Å². The Kier molecular flexibility index (Phi) is 3.61. The molecule has 0 radical (unpaired) electrons. The van der Waals surface area contributed by atoms with Crippen molar-refractivity contribution in [3.8, 4) is 10.9 Å². The molecule has 0 aliphatic rings. The number of hydrogen-bond donors (Lipinski definition) is 1. The van der Waals surface area contributed by atoms with Crippen LogP contribution in [0, 0.1) is 12.7 Å². The van der Waals surface area contributed by atoms with Crippen molar-refractivity contribution in [1.29, 1.82) is 0 Å². The molecule has 1 aromatic heterocycles. The van der Waals surface area contributed by atoms with Crippen LogP contribution in [0.2, 0.25) is 5.15 Å². The van der Waals surface area contributed by atoms with Crippen LogP contribution in [-0.4, -0.2) is 10.1 Å². The van der Waals surface area contributed by atoms with Crippen LogP contribution in [0.3, 0.4) is 0 Å². The Balaban J connectivity index is 2.27. The second-order valence-corrected chi connectivity index (χ2v) is 4.79. The SMILES string of the molecule is Cc1ccc(F)c(Oc2nc(Cl)c(CO)s2)c1. The zero-order chi connectivity index (χ0) is 12.4. The number of rotatable bonds is 3. The predicted octanol–water partition coefficient (Wildman–Crippen LogP) is 3.53. The summed E-state index contributed by atoms with van der Waals surface area (Å²) in [5.74, 6) is -0.368. The molecule has 0 aliphatic carbocycles. The fourth-order valence-corrected chi connectivity index (χ4v) is 2.21. The van der Waals surface area contributed by atoms with Gasteiger partial charge in [-0.25, -0.2) is 4.39 Å². The average Bonchev–Trinajstić information content (AvgIpc) is 2.64. The van der Waals surface area contributed by atoms with Gasteiger partial charge in [-0.05, 0) is 24.6 Å². The molecule has 0 fully saturated rings. The lowest BCUT2D eigenvalue weighted by atomic mass is 10.2. The molecule has 0 saturated heterocycles. The predicted molar refractivity (Wildman–Crippen MR) is 64.3 cm³/mol. The highest BCUT2D eigenvalue weighted by atomic mass is 35.5. The van der Waals surface area contributed by atoms with Crippen molar-refractivity contribution >= 4 is 22.9 Å². The van der Waals surface area contributed by atoms with E-state index in [9.17, 15) is 4.39 Å². The molecule has 0 aliphatic heterocycles. The van der Waals surface area contributed by atoms with Gasteiger partial charge in [-0.3, -0.25) is 0 Å². The van der Waals surface area contributed by atoms with Crippen molar-refractivity contribution in [2.24, 2.45) is 0 Å². The maximum Gasteiger partial charge on any atom is 0.280 e. The Bertz CT molecular complexity index is 544. The minimum Gasteiger partial charge on any atom is -0.428 e. The highest BCUT2D eigenvalue weighted by Gasteiger charge is 2.12. The Labute approximate surface area is 106 Å². The van der Waals surface area contributed by atoms with Crippen LogP contribution in [0.4, 0.5) is 4.39 Å². The van der Waals surface area contributed by atoms with Gasteiger partial charge in [-0.2, -0.15) is 4.98 Å². The number of ether oxygens (including phenoxy) is 1. The number of aromatic nitrogens is 1. The first-order valence-corrected chi connectivity index (χ1v) is 5.99. The molecule has 2 rings (SSSR count). The van der Waals surface area contributed by atoms with Crippen molar-refractivity contribution in [2.75, 3.05) is 0 Å². The molecule has 1 aromatic carbocycles. The molecular formula is C11H9ClFNO2S. The molecular weight excluding hydrogens is 265 g/mol. The third-order valence-corrected chi connectivity index (χ3v) is 3.40. The number of benzene rings is 1. The first-order valence-electron chi connectivity index (χ1n) is 4.80. The van der Waals surface area contributed by atoms with Crippen LogP contribution < -0.4 is 4.74 Å². The Morgan fingerprint density at radius 2 is 2.29 bits per heavy atom. The number of aliphatic hydroxyl groups is 1. The highest BCUT2D eigenvalue weighted by molar-refractivity contribution is 7.13. The van der Waals surface area contributed by atoms with Crippen LogP contribution in [0.1, 0.15) is 10.4 Å². The molecule has 0 amide bonds. The lowest BCUT2D eigenvalue weighted by Gasteiger charge is -2.03. The Morgan fingerprint density at radius 1 is 1.53 bits per heavy atom. The van der Waals surface area contributed by atoms with E-state index in [-0.39, 0.29) is 22.7 Å². The van der Waals surface area contributed by atoms with E-state index in [2.05, 4.69) is 4.98 Å². The van der Waals surface area contributed by atoms with Gasteiger partial charge in [0.05, 0.1) is 11.5 Å². The first kappa shape index (κ1) is 12.3. The summed E-state index contributed by atoms with van der Waals surface area (Å²) < 4.78 is 18.7. The number of nitrogens with zero attached hydrogens (tertiary/aromatic N) is 1. The zero-order valence-electron chi connectivity index (χ0n) is 8.91. The van der Waals surface area contributed by atoms with E-state index in [1.165, 1.54) is 6.07 Å². The monoisotopic (exact) mass is 273 g/mol. The normalized spacial score (nSPS) is 10.6. The van der Waals surface area contributed by atoms with Crippen LogP contribution in [0.5, 0.6) is 10.9 Å². The molecule has 3 nitrogen and oxygen atoms in total. The van der Waals surface area contributed by atoms with E-state index in [0.717, 1.165) is 16.9 Å². The van der Waals surface area contributed by atoms with E-state index in [0.29, 0.717) is 4.88 Å². The quantitative estimate of drug-likeness (QED) is 0.930. The third kappa shape index (κ3) is 2.74. The molecule has 0 spiro atoms. The van der Waals surface area contributed by atoms with Crippen molar-refractivity contribution in [3.63, 3.8) is 0 Å². The summed E-state index contributed by atoms with van der Waals surface area (Å²) in [6.45, 7) is 1.62. The van der Waals surface area contributed by atoms with Gasteiger partial charge in [0.1, 0.15) is 5.15 Å². The summed E-state index contributed by atoms with van der Waals surface area (Å²) in [5.41, 5.74) is 0.881. The third-order valence-electron chi connectivity index (χ3n) is 2.06. The number of aryl methyl sites for hydroxylation is 1. The van der Waals surface area contributed by atoms with Crippen molar-refractivity contribution in [3.05, 3.63) is 39.6 Å². The fraction of sp³-hybridized carbons (Fsp3) is 0.182. The molecule has 0 atom stereocenters. The summed E-state index contributed by atoms with van der Waals surface area (Å²) >= 11 is 6.83. The smallest absolute Gasteiger partial charge is 0.280 e. The molecule has 90 valence electrons. The molecule has 0 saturated carbocycles. The summed E-state index contributed by atoms with van der Waals surface area (Å²) in [5, 5.41) is 9.35. The molecule has 17 heavy (non-hydrogen) atoms. The number of thiazole rings is 1. The zero-order valence-corrected chi connectivity index (χ0v) is 10.5. The van der Waals surface area contributed by atoms with Gasteiger partial charge in [0.25, 0.3) is 5.19 Å². The lowest BCUT2D eigenvalue weighted by Crippen LogP contribution is -1.88. The number of halogens is 2. The van der Waals surface area contributed by atoms with Crippen LogP contribution >= 0.6 is 22.9 Å². The van der Waals surface area contributed by atoms with Gasteiger partial charge >= 0.3 is 0 Å². The molecule has 0 bridgehead atoms. The van der Waals surface area contributed by atoms with E-state index in [1.807, 2.05) is 6.92 Å². The second kappa shape index (κ2) is 5.00. The Morgan fingerprint density at radius 3 is 2.94 bits per heavy atom. The van der Waals surface area contributed by atoms with Gasteiger partial charge in [0.15, 0.2) is 11.6 Å². The minimum absolute atomic E-state index is 0.0971. The summed E-state index contributed by atoms with van der Waals surface area (Å²) in [7, 11) is 0. The maximum atomic E-state index is 13.4. The van der Waals surface area contributed by atoms with Gasteiger partial charge in [-0.1, -0.05) is 29.0 Å². The fourth-order valence-electron chi connectivity index (χ4n) is 1.24. The van der Waals surface area contributed by atoms with Gasteiger partial charge in [-0.15, -0.1) is 0 Å². The topological polar surface area (TPSA) is 42.4 Å². The van der Waals surface area contributed by atoms with Gasteiger partial charge in [0.2, 0.25) is 0 Å². The highest BCUT2D eigenvalue weighted by Crippen LogP contribution is 2.33. The van der Waals surface area contributed by atoms with E-state index < -0.39 is 5.82 Å². The standard InChI is InChI=1S/C11H9ClFNO2S/c1-6-2-3-7(13)8(4-6)16-11-14-10(12)9(5-15)17-11/h2-4,15H,5H2,1H3. The molecule has 1 heterocycles. The van der Waals surface area contributed by atoms with Crippen LogP contribution in [0.25, 0.3) is 0 Å². The van der Waals surface area contributed by atoms with Gasteiger partial charge in [0, 0.05) is 0 Å². The summed E-state index contributed by atoms with van der Waals surface area (Å²) in [4.78, 5) is 4.38. The molecule has 1 N–H and O–H groups in total. The maximum absolute atomic E-state index is 13.4. The minimum atomic E-state index is -0.465. The average molecular weight is 274 g/mol. The van der Waals surface area contributed by atoms with E-state index >= 15 is 0 Å². The van der Waals surface area contributed by atoms with Crippen LogP contribution in [-0.2, 0) is 6.61 Å². The largest absolute Gasteiger partial charge is 0.428 e. The van der Waals surface area contributed by atoms with Crippen LogP contribution in [0.15, 0.2) is 18.2 Å². The second-order valence-electron chi connectivity index (χ2n) is 3.39. The van der Waals surface area contributed by atoms with E-state index in [1.54, 1.807) is 12.1 Å².